The highest BCUT2D eigenvalue weighted by Crippen LogP contribution is 2.42. The first-order valence-corrected chi connectivity index (χ1v) is 11.7. The summed E-state index contributed by atoms with van der Waals surface area (Å²) in [6, 6.07) is 10.9. The van der Waals surface area contributed by atoms with Crippen LogP contribution in [-0.2, 0) is 17.8 Å². The fraction of sp³-hybridized carbons (Fsp3) is 0.429. The third kappa shape index (κ3) is 4.88. The van der Waals surface area contributed by atoms with Gasteiger partial charge in [0, 0.05) is 36.8 Å². The van der Waals surface area contributed by atoms with Gasteiger partial charge in [-0.2, -0.15) is 0 Å². The van der Waals surface area contributed by atoms with E-state index in [4.69, 9.17) is 4.74 Å². The lowest BCUT2D eigenvalue weighted by Gasteiger charge is -2.34. The van der Waals surface area contributed by atoms with Crippen molar-refractivity contribution >= 4 is 5.97 Å². The third-order valence-corrected chi connectivity index (χ3v) is 7.07. The van der Waals surface area contributed by atoms with Crippen LogP contribution in [0.1, 0.15) is 74.8 Å². The average Bonchev–Trinajstić information content (AvgIpc) is 3.13. The molecule has 2 aromatic rings. The first kappa shape index (κ1) is 23.2. The molecule has 2 unspecified atom stereocenters. The fourth-order valence-corrected chi connectivity index (χ4v) is 5.24. The van der Waals surface area contributed by atoms with Crippen LogP contribution < -0.4 is 4.74 Å². The molecule has 0 radical (unpaired) electrons. The second kappa shape index (κ2) is 9.14. The molecule has 2 aliphatic rings. The number of carboxylic acids is 1. The number of rotatable bonds is 6. The van der Waals surface area contributed by atoms with E-state index in [0.29, 0.717) is 0 Å². The van der Waals surface area contributed by atoms with Crippen LogP contribution in [-0.4, -0.2) is 33.1 Å². The fourth-order valence-electron chi connectivity index (χ4n) is 5.24. The highest BCUT2D eigenvalue weighted by Gasteiger charge is 2.36. The monoisotopic (exact) mass is 446 g/mol. The van der Waals surface area contributed by atoms with Crippen LogP contribution in [0.2, 0.25) is 0 Å². The summed E-state index contributed by atoms with van der Waals surface area (Å²) < 4.78 is 6.26. The van der Waals surface area contributed by atoms with Crippen LogP contribution in [0.4, 0.5) is 0 Å². The second-order valence-electron chi connectivity index (χ2n) is 9.97. The molecule has 0 fully saturated rings. The summed E-state index contributed by atoms with van der Waals surface area (Å²) in [6.45, 7) is 13.7. The lowest BCUT2D eigenvalue weighted by atomic mass is 9.85. The normalized spacial score (nSPS) is 21.2. The van der Waals surface area contributed by atoms with Crippen LogP contribution in [0, 0.1) is 0 Å². The maximum absolute atomic E-state index is 11.7. The number of hydrogen-bond acceptors (Lipinski definition) is 4. The second-order valence-corrected chi connectivity index (χ2v) is 9.97. The van der Waals surface area contributed by atoms with E-state index in [1.807, 2.05) is 26.0 Å². The molecule has 174 valence electrons. The number of nitrogens with zero attached hydrogens (tertiary/aromatic N) is 2. The maximum atomic E-state index is 11.7. The van der Waals surface area contributed by atoms with Crippen molar-refractivity contribution in [1.82, 2.24) is 9.88 Å². The summed E-state index contributed by atoms with van der Waals surface area (Å²) in [4.78, 5) is 18.7. The SMILES string of the molecule is C=C/C(C)=C(\C)C(CC(=O)O)c1ccc2c(c1)C(N1Cc3cccnc3OC(C)(C)C1)CC2. The topological polar surface area (TPSA) is 62.7 Å². The van der Waals surface area contributed by atoms with Crippen molar-refractivity contribution in [2.75, 3.05) is 6.54 Å². The van der Waals surface area contributed by atoms with Gasteiger partial charge < -0.3 is 9.84 Å². The summed E-state index contributed by atoms with van der Waals surface area (Å²) in [6.07, 6.45) is 5.75. The molecule has 5 heteroatoms. The quantitative estimate of drug-likeness (QED) is 0.566. The van der Waals surface area contributed by atoms with Gasteiger partial charge in [-0.1, -0.05) is 48.1 Å². The Morgan fingerprint density at radius 2 is 2.12 bits per heavy atom. The first-order chi connectivity index (χ1) is 15.7. The Morgan fingerprint density at radius 3 is 2.85 bits per heavy atom. The molecule has 1 N–H and O–H groups in total. The minimum atomic E-state index is -0.788. The Morgan fingerprint density at radius 1 is 1.33 bits per heavy atom. The number of benzene rings is 1. The number of pyridine rings is 1. The van der Waals surface area contributed by atoms with E-state index in [9.17, 15) is 9.90 Å². The Labute approximate surface area is 196 Å². The van der Waals surface area contributed by atoms with Gasteiger partial charge in [-0.15, -0.1) is 0 Å². The Bertz CT molecular complexity index is 1100. The molecule has 0 bridgehead atoms. The molecular weight excluding hydrogens is 412 g/mol. The lowest BCUT2D eigenvalue weighted by molar-refractivity contribution is -0.137. The predicted octanol–water partition coefficient (Wildman–Crippen LogP) is 5.82. The largest absolute Gasteiger partial charge is 0.481 e. The minimum absolute atomic E-state index is 0.0735. The summed E-state index contributed by atoms with van der Waals surface area (Å²) in [7, 11) is 0. The van der Waals surface area contributed by atoms with E-state index in [-0.39, 0.29) is 24.0 Å². The Kier molecular flexibility index (Phi) is 6.44. The van der Waals surface area contributed by atoms with Crippen LogP contribution in [0.5, 0.6) is 5.88 Å². The highest BCUT2D eigenvalue weighted by atomic mass is 16.5. The van der Waals surface area contributed by atoms with E-state index in [2.05, 4.69) is 54.6 Å². The van der Waals surface area contributed by atoms with E-state index in [0.717, 1.165) is 54.1 Å². The van der Waals surface area contributed by atoms with E-state index in [1.165, 1.54) is 11.1 Å². The molecule has 2 heterocycles. The van der Waals surface area contributed by atoms with E-state index in [1.54, 1.807) is 6.20 Å². The molecule has 33 heavy (non-hydrogen) atoms. The molecule has 0 saturated carbocycles. The maximum Gasteiger partial charge on any atom is 0.304 e. The predicted molar refractivity (Wildman–Crippen MR) is 130 cm³/mol. The zero-order valence-electron chi connectivity index (χ0n) is 20.1. The molecule has 0 saturated heterocycles. The standard InChI is InChI=1S/C28H34N2O3/c1-6-18(2)19(3)23(15-26(31)32)21-10-9-20-11-12-25(24(20)14-21)30-16-22-8-7-13-29-27(22)33-28(4,5)17-30/h6-10,13-14,23,25H,1,11-12,15-17H2,2-5H3,(H,31,32)/b19-18+. The van der Waals surface area contributed by atoms with Crippen molar-refractivity contribution in [3.63, 3.8) is 0 Å². The summed E-state index contributed by atoms with van der Waals surface area (Å²) in [5.41, 5.74) is 6.59. The molecule has 1 aromatic carbocycles. The van der Waals surface area contributed by atoms with Gasteiger partial charge in [0.05, 0.1) is 6.42 Å². The molecule has 0 spiro atoms. The van der Waals surface area contributed by atoms with E-state index >= 15 is 0 Å². The summed E-state index contributed by atoms with van der Waals surface area (Å²) >= 11 is 0. The number of carbonyl (C=O) groups is 1. The van der Waals surface area contributed by atoms with Crippen molar-refractivity contribution < 1.29 is 14.6 Å². The number of allylic oxidation sites excluding steroid dienone is 3. The smallest absolute Gasteiger partial charge is 0.304 e. The van der Waals surface area contributed by atoms with Crippen molar-refractivity contribution in [2.45, 2.75) is 71.1 Å². The van der Waals surface area contributed by atoms with Gasteiger partial charge in [0.15, 0.2) is 0 Å². The molecular formula is C28H34N2O3. The van der Waals surface area contributed by atoms with Crippen LogP contribution in [0.25, 0.3) is 0 Å². The molecule has 0 amide bonds. The first-order valence-electron chi connectivity index (χ1n) is 11.7. The molecule has 1 aliphatic carbocycles. The number of ether oxygens (including phenoxy) is 1. The Hall–Kier alpha value is -2.92. The van der Waals surface area contributed by atoms with Gasteiger partial charge in [-0.05, 0) is 63.3 Å². The van der Waals surface area contributed by atoms with Gasteiger partial charge in [-0.25, -0.2) is 4.98 Å². The number of aromatic nitrogens is 1. The Balaban J connectivity index is 1.71. The van der Waals surface area contributed by atoms with Crippen molar-refractivity contribution in [2.24, 2.45) is 0 Å². The molecule has 1 aliphatic heterocycles. The summed E-state index contributed by atoms with van der Waals surface area (Å²) in [5.74, 6) is -0.233. The van der Waals surface area contributed by atoms with E-state index < -0.39 is 5.97 Å². The molecule has 1 aromatic heterocycles. The van der Waals surface area contributed by atoms with Gasteiger partial charge in [0.1, 0.15) is 5.60 Å². The molecule has 2 atom stereocenters. The number of aryl methyl sites for hydroxylation is 1. The van der Waals surface area contributed by atoms with Crippen LogP contribution in [0.3, 0.4) is 0 Å². The van der Waals surface area contributed by atoms with Crippen molar-refractivity contribution in [1.29, 1.82) is 0 Å². The zero-order valence-corrected chi connectivity index (χ0v) is 20.1. The minimum Gasteiger partial charge on any atom is -0.481 e. The summed E-state index contributed by atoms with van der Waals surface area (Å²) in [5, 5.41) is 9.60. The number of fused-ring (bicyclic) bond motifs is 2. The third-order valence-electron chi connectivity index (χ3n) is 7.07. The van der Waals surface area contributed by atoms with Gasteiger partial charge in [0.25, 0.3) is 0 Å². The van der Waals surface area contributed by atoms with Gasteiger partial charge in [0.2, 0.25) is 5.88 Å². The highest BCUT2D eigenvalue weighted by molar-refractivity contribution is 5.69. The number of hydrogen-bond donors (Lipinski definition) is 1. The zero-order chi connectivity index (χ0) is 23.8. The van der Waals surface area contributed by atoms with Crippen molar-refractivity contribution in [3.8, 4) is 5.88 Å². The average molecular weight is 447 g/mol. The van der Waals surface area contributed by atoms with Crippen LogP contribution >= 0.6 is 0 Å². The number of aliphatic carboxylic acids is 1. The molecule has 5 nitrogen and oxygen atoms in total. The number of carboxylic acid groups (broad SMARTS) is 1. The van der Waals surface area contributed by atoms with Crippen molar-refractivity contribution in [3.05, 3.63) is 82.6 Å². The molecule has 4 rings (SSSR count). The lowest BCUT2D eigenvalue weighted by Crippen LogP contribution is -2.41. The van der Waals surface area contributed by atoms with Gasteiger partial charge in [-0.3, -0.25) is 9.69 Å². The van der Waals surface area contributed by atoms with Gasteiger partial charge >= 0.3 is 5.97 Å². The van der Waals surface area contributed by atoms with Crippen LogP contribution in [0.15, 0.2) is 60.3 Å².